The number of pyridine rings is 1. The maximum absolute atomic E-state index is 12.7. The minimum atomic E-state index is -3.77. The lowest BCUT2D eigenvalue weighted by Crippen LogP contribution is -2.33. The van der Waals surface area contributed by atoms with E-state index in [1.807, 2.05) is 0 Å². The Hall–Kier alpha value is -2.56. The standard InChI is InChI=1S/C19H24ClN3O6S/c1-5-23(6-2)30(26,27)13-7-8-19(25)22(11-13)12-18(24)21-15-9-14(20)16(28-3)10-17(15)29-4/h7-11H,5-6,12H2,1-4H3,(H,21,24). The molecule has 0 aliphatic heterocycles. The van der Waals surface area contributed by atoms with E-state index in [-0.39, 0.29) is 28.7 Å². The Labute approximate surface area is 180 Å². The average molecular weight is 458 g/mol. The molecule has 0 radical (unpaired) electrons. The fraction of sp³-hybridized carbons (Fsp3) is 0.368. The molecular weight excluding hydrogens is 434 g/mol. The zero-order valence-corrected chi connectivity index (χ0v) is 18.7. The van der Waals surface area contributed by atoms with Gasteiger partial charge >= 0.3 is 0 Å². The molecular formula is C19H24ClN3O6S. The SMILES string of the molecule is CCN(CC)S(=O)(=O)c1ccc(=O)n(CC(=O)Nc2cc(Cl)c(OC)cc2OC)c1. The van der Waals surface area contributed by atoms with Gasteiger partial charge in [0.05, 0.1) is 29.8 Å². The van der Waals surface area contributed by atoms with E-state index in [9.17, 15) is 18.0 Å². The number of carbonyl (C=O) groups is 1. The van der Waals surface area contributed by atoms with Gasteiger partial charge < -0.3 is 19.4 Å². The summed E-state index contributed by atoms with van der Waals surface area (Å²) < 4.78 is 38.0. The second-order valence-corrected chi connectivity index (χ2v) is 8.50. The number of ether oxygens (including phenoxy) is 2. The van der Waals surface area contributed by atoms with Crippen molar-refractivity contribution < 1.29 is 22.7 Å². The minimum absolute atomic E-state index is 0.0660. The number of rotatable bonds is 9. The highest BCUT2D eigenvalue weighted by Gasteiger charge is 2.23. The second kappa shape index (κ2) is 9.96. The number of amides is 1. The molecule has 1 heterocycles. The number of halogens is 1. The van der Waals surface area contributed by atoms with Crippen molar-refractivity contribution in [1.29, 1.82) is 0 Å². The fourth-order valence-corrected chi connectivity index (χ4v) is 4.52. The first-order valence-electron chi connectivity index (χ1n) is 9.09. The summed E-state index contributed by atoms with van der Waals surface area (Å²) in [6.07, 6.45) is 1.16. The van der Waals surface area contributed by atoms with Gasteiger partial charge in [-0.15, -0.1) is 0 Å². The van der Waals surface area contributed by atoms with Crippen molar-refractivity contribution in [3.63, 3.8) is 0 Å². The molecule has 0 unspecified atom stereocenters. The van der Waals surface area contributed by atoms with Gasteiger partial charge in [0.25, 0.3) is 5.56 Å². The molecule has 1 aromatic heterocycles. The summed E-state index contributed by atoms with van der Waals surface area (Å²) in [7, 11) is -0.899. The van der Waals surface area contributed by atoms with E-state index >= 15 is 0 Å². The fourth-order valence-electron chi connectivity index (χ4n) is 2.80. The van der Waals surface area contributed by atoms with E-state index in [2.05, 4.69) is 5.32 Å². The summed E-state index contributed by atoms with van der Waals surface area (Å²) in [5, 5.41) is 2.87. The van der Waals surface area contributed by atoms with Gasteiger partial charge in [-0.3, -0.25) is 9.59 Å². The van der Waals surface area contributed by atoms with Crippen molar-refractivity contribution in [2.24, 2.45) is 0 Å². The molecule has 1 N–H and O–H groups in total. The largest absolute Gasteiger partial charge is 0.495 e. The molecule has 0 spiro atoms. The molecule has 0 saturated heterocycles. The number of hydrogen-bond donors (Lipinski definition) is 1. The van der Waals surface area contributed by atoms with Gasteiger partial charge in [0.15, 0.2) is 0 Å². The third kappa shape index (κ3) is 5.13. The summed E-state index contributed by atoms with van der Waals surface area (Å²) in [5.41, 5.74) is -0.225. The van der Waals surface area contributed by atoms with Crippen LogP contribution in [0.5, 0.6) is 11.5 Å². The number of hydrogen-bond acceptors (Lipinski definition) is 6. The first kappa shape index (κ1) is 23.7. The van der Waals surface area contributed by atoms with Crippen molar-refractivity contribution in [1.82, 2.24) is 8.87 Å². The molecule has 30 heavy (non-hydrogen) atoms. The van der Waals surface area contributed by atoms with Gasteiger partial charge in [0.2, 0.25) is 15.9 Å². The maximum atomic E-state index is 12.7. The van der Waals surface area contributed by atoms with Gasteiger partial charge in [-0.25, -0.2) is 8.42 Å². The van der Waals surface area contributed by atoms with Crippen LogP contribution in [0.3, 0.4) is 0 Å². The molecule has 11 heteroatoms. The number of benzene rings is 1. The highest BCUT2D eigenvalue weighted by atomic mass is 35.5. The Balaban J connectivity index is 2.30. The number of nitrogens with zero attached hydrogens (tertiary/aromatic N) is 2. The molecule has 0 atom stereocenters. The number of anilines is 1. The van der Waals surface area contributed by atoms with Crippen LogP contribution in [0, 0.1) is 0 Å². The minimum Gasteiger partial charge on any atom is -0.495 e. The highest BCUT2D eigenvalue weighted by Crippen LogP contribution is 2.35. The van der Waals surface area contributed by atoms with Crippen molar-refractivity contribution in [2.75, 3.05) is 32.6 Å². The number of aromatic nitrogens is 1. The van der Waals surface area contributed by atoms with Crippen molar-refractivity contribution in [3.05, 3.63) is 45.8 Å². The third-order valence-corrected chi connectivity index (χ3v) is 6.69. The van der Waals surface area contributed by atoms with E-state index in [1.165, 1.54) is 36.7 Å². The molecule has 0 saturated carbocycles. The van der Waals surface area contributed by atoms with E-state index in [4.69, 9.17) is 21.1 Å². The smallest absolute Gasteiger partial charge is 0.251 e. The molecule has 9 nitrogen and oxygen atoms in total. The summed E-state index contributed by atoms with van der Waals surface area (Å²) in [4.78, 5) is 24.6. The average Bonchev–Trinajstić information content (AvgIpc) is 2.70. The number of carbonyl (C=O) groups excluding carboxylic acids is 1. The molecule has 1 aromatic carbocycles. The monoisotopic (exact) mass is 457 g/mol. The third-order valence-electron chi connectivity index (χ3n) is 4.36. The predicted molar refractivity (Wildman–Crippen MR) is 114 cm³/mol. The second-order valence-electron chi connectivity index (χ2n) is 6.16. The van der Waals surface area contributed by atoms with Crippen LogP contribution in [0.25, 0.3) is 0 Å². The molecule has 1 amide bonds. The van der Waals surface area contributed by atoms with Crippen molar-refractivity contribution >= 4 is 33.2 Å². The molecule has 0 aliphatic carbocycles. The van der Waals surface area contributed by atoms with Crippen molar-refractivity contribution in [3.8, 4) is 11.5 Å². The zero-order valence-electron chi connectivity index (χ0n) is 17.1. The van der Waals surface area contributed by atoms with E-state index in [1.54, 1.807) is 13.8 Å². The number of methoxy groups -OCH3 is 2. The highest BCUT2D eigenvalue weighted by molar-refractivity contribution is 7.89. The van der Waals surface area contributed by atoms with Crippen LogP contribution < -0.4 is 20.3 Å². The Morgan fingerprint density at radius 1 is 1.13 bits per heavy atom. The molecule has 0 bridgehead atoms. The van der Waals surface area contributed by atoms with Crippen LogP contribution in [0.15, 0.2) is 40.2 Å². The van der Waals surface area contributed by atoms with Crippen LogP contribution in [0.1, 0.15) is 13.8 Å². The Kier molecular flexibility index (Phi) is 7.88. The summed E-state index contributed by atoms with van der Waals surface area (Å²) in [6.45, 7) is 3.62. The van der Waals surface area contributed by atoms with Crippen LogP contribution in [0.4, 0.5) is 5.69 Å². The van der Waals surface area contributed by atoms with Crippen LogP contribution in [-0.4, -0.2) is 50.5 Å². The normalized spacial score (nSPS) is 11.4. The van der Waals surface area contributed by atoms with Gasteiger partial charge in [-0.1, -0.05) is 25.4 Å². The predicted octanol–water partition coefficient (Wildman–Crippen LogP) is 2.19. The molecule has 2 rings (SSSR count). The molecule has 2 aromatic rings. The lowest BCUT2D eigenvalue weighted by molar-refractivity contribution is -0.116. The maximum Gasteiger partial charge on any atom is 0.251 e. The molecule has 0 fully saturated rings. The van der Waals surface area contributed by atoms with Gasteiger partial charge in [-0.05, 0) is 12.1 Å². The zero-order chi connectivity index (χ0) is 22.5. The first-order chi connectivity index (χ1) is 14.2. The summed E-state index contributed by atoms with van der Waals surface area (Å²) >= 11 is 6.10. The quantitative estimate of drug-likeness (QED) is 0.618. The van der Waals surface area contributed by atoms with Gasteiger partial charge in [0, 0.05) is 31.4 Å². The summed E-state index contributed by atoms with van der Waals surface area (Å²) in [5.74, 6) is 0.126. The van der Waals surface area contributed by atoms with E-state index < -0.39 is 28.0 Å². The number of nitrogens with one attached hydrogen (secondary N) is 1. The van der Waals surface area contributed by atoms with E-state index in [0.29, 0.717) is 11.5 Å². The lowest BCUT2D eigenvalue weighted by Gasteiger charge is -2.19. The van der Waals surface area contributed by atoms with Crippen LogP contribution in [0.2, 0.25) is 5.02 Å². The van der Waals surface area contributed by atoms with E-state index in [0.717, 1.165) is 16.8 Å². The molecule has 164 valence electrons. The van der Waals surface area contributed by atoms with Gasteiger partial charge in [-0.2, -0.15) is 4.31 Å². The number of sulfonamides is 1. The van der Waals surface area contributed by atoms with Crippen LogP contribution in [-0.2, 0) is 21.4 Å². The Morgan fingerprint density at radius 2 is 1.77 bits per heavy atom. The topological polar surface area (TPSA) is 107 Å². The van der Waals surface area contributed by atoms with Gasteiger partial charge in [0.1, 0.15) is 18.0 Å². The first-order valence-corrected chi connectivity index (χ1v) is 10.9. The lowest BCUT2D eigenvalue weighted by atomic mass is 10.2. The summed E-state index contributed by atoms with van der Waals surface area (Å²) in [6, 6.07) is 5.33. The molecule has 0 aliphatic rings. The Bertz CT molecular complexity index is 1080. The van der Waals surface area contributed by atoms with Crippen LogP contribution >= 0.6 is 11.6 Å². The Morgan fingerprint density at radius 3 is 2.33 bits per heavy atom. The van der Waals surface area contributed by atoms with Crippen molar-refractivity contribution in [2.45, 2.75) is 25.3 Å².